The largest absolute Gasteiger partial charge is 0.435 e. The molecule has 0 fully saturated rings. The third kappa shape index (κ3) is 4.08. The van der Waals surface area contributed by atoms with Crippen molar-refractivity contribution in [3.05, 3.63) is 46.7 Å². The first kappa shape index (κ1) is 17.0. The van der Waals surface area contributed by atoms with Gasteiger partial charge in [0.1, 0.15) is 0 Å². The summed E-state index contributed by atoms with van der Waals surface area (Å²) in [6.07, 6.45) is -3.37. The van der Waals surface area contributed by atoms with Crippen LogP contribution in [0.25, 0.3) is 0 Å². The van der Waals surface area contributed by atoms with Gasteiger partial charge in [-0.15, -0.1) is 0 Å². The highest BCUT2D eigenvalue weighted by Gasteiger charge is 2.33. The highest BCUT2D eigenvalue weighted by atomic mass is 79.9. The number of hydrogen-bond acceptors (Lipinski definition) is 3. The van der Waals surface area contributed by atoms with Gasteiger partial charge in [0.15, 0.2) is 5.69 Å². The van der Waals surface area contributed by atoms with Crippen LogP contribution in [-0.2, 0) is 22.7 Å². The van der Waals surface area contributed by atoms with E-state index in [9.17, 15) is 21.6 Å². The molecule has 0 saturated heterocycles. The summed E-state index contributed by atoms with van der Waals surface area (Å²) in [7, 11) is -3.74. The van der Waals surface area contributed by atoms with Gasteiger partial charge >= 0.3 is 6.18 Å². The van der Waals surface area contributed by atoms with Crippen LogP contribution in [0, 0.1) is 0 Å². The summed E-state index contributed by atoms with van der Waals surface area (Å²) < 4.78 is 65.0. The Labute approximate surface area is 133 Å². The van der Waals surface area contributed by atoms with Gasteiger partial charge in [0.2, 0.25) is 10.0 Å². The summed E-state index contributed by atoms with van der Waals surface area (Å²) >= 11 is 3.13. The first-order valence-corrected chi connectivity index (χ1v) is 8.32. The molecule has 2 aromatic rings. The van der Waals surface area contributed by atoms with E-state index in [-0.39, 0.29) is 18.0 Å². The van der Waals surface area contributed by atoms with Crippen molar-refractivity contribution in [3.63, 3.8) is 0 Å². The van der Waals surface area contributed by atoms with Crippen molar-refractivity contribution >= 4 is 26.0 Å². The molecule has 0 unspecified atom stereocenters. The molecule has 0 bridgehead atoms. The van der Waals surface area contributed by atoms with E-state index in [4.69, 9.17) is 0 Å². The molecule has 22 heavy (non-hydrogen) atoms. The van der Waals surface area contributed by atoms with Gasteiger partial charge in [0, 0.05) is 17.2 Å². The minimum atomic E-state index is -4.51. The van der Waals surface area contributed by atoms with E-state index in [0.717, 1.165) is 16.9 Å². The number of halogens is 4. The molecule has 2 rings (SSSR count). The molecule has 1 heterocycles. The van der Waals surface area contributed by atoms with E-state index in [0.29, 0.717) is 4.47 Å². The minimum absolute atomic E-state index is 0.0141. The monoisotopic (exact) mass is 397 g/mol. The number of aromatic nitrogens is 2. The fraction of sp³-hybridized carbons (Fsp3) is 0.250. The lowest BCUT2D eigenvalue weighted by atomic mass is 10.4. The van der Waals surface area contributed by atoms with Crippen molar-refractivity contribution in [2.24, 2.45) is 0 Å². The molecule has 1 N–H and O–H groups in total. The van der Waals surface area contributed by atoms with E-state index < -0.39 is 21.9 Å². The SMILES string of the molecule is O=S(=O)(NCCn1ccc(C(F)(F)F)n1)c1ccccc1Br. The molecule has 0 atom stereocenters. The smallest absolute Gasteiger partial charge is 0.271 e. The van der Waals surface area contributed by atoms with Crippen LogP contribution in [0.3, 0.4) is 0 Å². The van der Waals surface area contributed by atoms with Gasteiger partial charge in [-0.05, 0) is 34.1 Å². The Hall–Kier alpha value is -1.39. The first-order valence-electron chi connectivity index (χ1n) is 6.05. The normalized spacial score (nSPS) is 12.5. The van der Waals surface area contributed by atoms with Gasteiger partial charge in [0.25, 0.3) is 0 Å². The number of nitrogens with one attached hydrogen (secondary N) is 1. The molecule has 120 valence electrons. The third-order valence-corrected chi connectivity index (χ3v) is 5.16. The number of benzene rings is 1. The second-order valence-corrected chi connectivity index (χ2v) is 6.88. The van der Waals surface area contributed by atoms with Crippen molar-refractivity contribution in [3.8, 4) is 0 Å². The van der Waals surface area contributed by atoms with Crippen LogP contribution in [0.5, 0.6) is 0 Å². The van der Waals surface area contributed by atoms with Gasteiger partial charge < -0.3 is 0 Å². The fourth-order valence-electron chi connectivity index (χ4n) is 1.67. The molecule has 5 nitrogen and oxygen atoms in total. The second kappa shape index (κ2) is 6.39. The topological polar surface area (TPSA) is 64.0 Å². The molecule has 0 aliphatic heterocycles. The van der Waals surface area contributed by atoms with Crippen LogP contribution in [0.1, 0.15) is 5.69 Å². The zero-order valence-corrected chi connectivity index (χ0v) is 13.4. The number of sulfonamides is 1. The summed E-state index contributed by atoms with van der Waals surface area (Å²) in [6, 6.07) is 7.08. The Morgan fingerprint density at radius 2 is 1.91 bits per heavy atom. The van der Waals surface area contributed by atoms with Crippen molar-refractivity contribution in [2.75, 3.05) is 6.54 Å². The number of rotatable bonds is 5. The average molecular weight is 398 g/mol. The quantitative estimate of drug-likeness (QED) is 0.843. The van der Waals surface area contributed by atoms with E-state index in [1.165, 1.54) is 6.07 Å². The van der Waals surface area contributed by atoms with Crippen LogP contribution in [-0.4, -0.2) is 24.7 Å². The maximum absolute atomic E-state index is 12.4. The predicted octanol–water partition coefficient (Wildman–Crippen LogP) is 2.64. The van der Waals surface area contributed by atoms with Gasteiger partial charge in [-0.1, -0.05) is 12.1 Å². The molecule has 0 aliphatic rings. The maximum atomic E-state index is 12.4. The molecule has 1 aromatic carbocycles. The third-order valence-electron chi connectivity index (χ3n) is 2.69. The molecule has 0 saturated carbocycles. The van der Waals surface area contributed by atoms with Gasteiger partial charge in [-0.25, -0.2) is 13.1 Å². The molecule has 1 aromatic heterocycles. The number of alkyl halides is 3. The van der Waals surface area contributed by atoms with E-state index in [1.54, 1.807) is 18.2 Å². The molecule has 0 aliphatic carbocycles. The predicted molar refractivity (Wildman–Crippen MR) is 76.6 cm³/mol. The minimum Gasteiger partial charge on any atom is -0.271 e. The van der Waals surface area contributed by atoms with Gasteiger partial charge in [-0.2, -0.15) is 18.3 Å². The standard InChI is InChI=1S/C12H11BrF3N3O2S/c13-9-3-1-2-4-10(9)22(20,21)17-6-8-19-7-5-11(18-19)12(14,15)16/h1-5,7,17H,6,8H2. The Balaban J connectivity index is 1.99. The van der Waals surface area contributed by atoms with Crippen molar-refractivity contribution in [1.29, 1.82) is 0 Å². The number of hydrogen-bond donors (Lipinski definition) is 1. The van der Waals surface area contributed by atoms with Crippen molar-refractivity contribution in [2.45, 2.75) is 17.6 Å². The van der Waals surface area contributed by atoms with Gasteiger partial charge in [-0.3, -0.25) is 4.68 Å². The van der Waals surface area contributed by atoms with E-state index in [2.05, 4.69) is 25.8 Å². The lowest BCUT2D eigenvalue weighted by Crippen LogP contribution is -2.28. The van der Waals surface area contributed by atoms with Gasteiger partial charge in [0.05, 0.1) is 11.4 Å². The van der Waals surface area contributed by atoms with E-state index in [1.807, 2.05) is 0 Å². The summed E-state index contributed by atoms with van der Waals surface area (Å²) in [4.78, 5) is 0.0615. The zero-order valence-electron chi connectivity index (χ0n) is 11.0. The van der Waals surface area contributed by atoms with Crippen LogP contribution < -0.4 is 4.72 Å². The van der Waals surface area contributed by atoms with E-state index >= 15 is 0 Å². The summed E-state index contributed by atoms with van der Waals surface area (Å²) in [5.41, 5.74) is -1.01. The molecule has 10 heteroatoms. The fourth-order valence-corrected chi connectivity index (χ4v) is 3.69. The highest BCUT2D eigenvalue weighted by Crippen LogP contribution is 2.27. The molecule has 0 spiro atoms. The zero-order chi connectivity index (χ0) is 16.4. The summed E-state index contributed by atoms with van der Waals surface area (Å²) in [5, 5.41) is 3.34. The maximum Gasteiger partial charge on any atom is 0.435 e. The summed E-state index contributed by atoms with van der Waals surface area (Å²) in [6.45, 7) is -0.0948. The highest BCUT2D eigenvalue weighted by molar-refractivity contribution is 9.10. The average Bonchev–Trinajstić information content (AvgIpc) is 2.87. The lowest BCUT2D eigenvalue weighted by Gasteiger charge is -2.08. The number of nitrogens with zero attached hydrogens (tertiary/aromatic N) is 2. The Kier molecular flexibility index (Phi) is 4.93. The van der Waals surface area contributed by atoms with Crippen molar-refractivity contribution < 1.29 is 21.6 Å². The molecular formula is C12H11BrF3N3O2S. The first-order chi connectivity index (χ1) is 10.2. The Morgan fingerprint density at radius 1 is 1.23 bits per heavy atom. The van der Waals surface area contributed by atoms with Crippen LogP contribution in [0.2, 0.25) is 0 Å². The molecule has 0 radical (unpaired) electrons. The second-order valence-electron chi connectivity index (χ2n) is 4.29. The molecule has 0 amide bonds. The Morgan fingerprint density at radius 3 is 2.50 bits per heavy atom. The van der Waals surface area contributed by atoms with Crippen LogP contribution in [0.15, 0.2) is 45.9 Å². The van der Waals surface area contributed by atoms with Crippen molar-refractivity contribution in [1.82, 2.24) is 14.5 Å². The van der Waals surface area contributed by atoms with Crippen LogP contribution in [0.4, 0.5) is 13.2 Å². The lowest BCUT2D eigenvalue weighted by molar-refractivity contribution is -0.141. The molecular weight excluding hydrogens is 387 g/mol. The summed E-state index contributed by atoms with van der Waals surface area (Å²) in [5.74, 6) is 0. The Bertz CT molecular complexity index is 759. The van der Waals surface area contributed by atoms with Crippen LogP contribution >= 0.6 is 15.9 Å².